The molecule has 7 nitrogen and oxygen atoms in total. The predicted molar refractivity (Wildman–Crippen MR) is 97.5 cm³/mol. The van der Waals surface area contributed by atoms with Gasteiger partial charge in [0, 0.05) is 39.6 Å². The number of hydrogen-bond acceptors (Lipinski definition) is 5. The molecule has 0 radical (unpaired) electrons. The molecule has 0 bridgehead atoms. The fraction of sp³-hybridized carbons (Fsp3) is 0.588. The molecule has 1 saturated heterocycles. The van der Waals surface area contributed by atoms with Gasteiger partial charge in [-0.3, -0.25) is 4.99 Å². The van der Waals surface area contributed by atoms with E-state index in [1.54, 1.807) is 31.3 Å². The minimum absolute atomic E-state index is 0.243. The molecule has 1 atom stereocenters. The zero-order chi connectivity index (χ0) is 18.1. The molecule has 2 rings (SSSR count). The first-order chi connectivity index (χ1) is 12.0. The van der Waals surface area contributed by atoms with E-state index >= 15 is 0 Å². The molecular weight excluding hydrogens is 342 g/mol. The fourth-order valence-corrected chi connectivity index (χ4v) is 3.06. The Morgan fingerprint density at radius 1 is 1.32 bits per heavy atom. The topological polar surface area (TPSA) is 89.0 Å². The van der Waals surface area contributed by atoms with Crippen LogP contribution >= 0.6 is 0 Å². The molecule has 140 valence electrons. The van der Waals surface area contributed by atoms with E-state index in [1.165, 1.54) is 6.26 Å². The Hall–Kier alpha value is -1.64. The molecule has 0 aliphatic carbocycles. The summed E-state index contributed by atoms with van der Waals surface area (Å²) >= 11 is 0. The Morgan fingerprint density at radius 3 is 2.68 bits per heavy atom. The van der Waals surface area contributed by atoms with Gasteiger partial charge in [-0.2, -0.15) is 0 Å². The van der Waals surface area contributed by atoms with Gasteiger partial charge >= 0.3 is 0 Å². The zero-order valence-corrected chi connectivity index (χ0v) is 15.6. The van der Waals surface area contributed by atoms with Crippen LogP contribution in [0.4, 0.5) is 0 Å². The maximum absolute atomic E-state index is 11.5. The van der Waals surface area contributed by atoms with Crippen molar-refractivity contribution in [3.8, 4) is 0 Å². The Balaban J connectivity index is 1.65. The lowest BCUT2D eigenvalue weighted by atomic mass is 10.2. The number of sulfone groups is 1. The van der Waals surface area contributed by atoms with Gasteiger partial charge in [-0.15, -0.1) is 0 Å². The monoisotopic (exact) mass is 369 g/mol. The van der Waals surface area contributed by atoms with E-state index in [-0.39, 0.29) is 6.10 Å². The van der Waals surface area contributed by atoms with Crippen LogP contribution in [-0.2, 0) is 25.9 Å². The number of hydrogen-bond donors (Lipinski definition) is 2. The van der Waals surface area contributed by atoms with Crippen molar-refractivity contribution in [3.63, 3.8) is 0 Å². The third kappa shape index (κ3) is 7.01. The second-order valence-corrected chi connectivity index (χ2v) is 7.99. The molecule has 25 heavy (non-hydrogen) atoms. The third-order valence-electron chi connectivity index (χ3n) is 3.89. The molecule has 1 aliphatic rings. The summed E-state index contributed by atoms with van der Waals surface area (Å²) in [7, 11) is -1.44. The Kier molecular flexibility index (Phi) is 7.67. The number of aliphatic imine (C=N–C) groups is 1. The van der Waals surface area contributed by atoms with Gasteiger partial charge in [0.05, 0.1) is 17.6 Å². The minimum Gasteiger partial charge on any atom is -0.379 e. The van der Waals surface area contributed by atoms with Crippen LogP contribution in [0.15, 0.2) is 34.2 Å². The summed E-state index contributed by atoms with van der Waals surface area (Å²) in [5, 5.41) is 6.44. The van der Waals surface area contributed by atoms with Crippen LogP contribution in [0.1, 0.15) is 18.4 Å². The highest BCUT2D eigenvalue weighted by Crippen LogP contribution is 2.10. The Labute approximate surface area is 149 Å². The van der Waals surface area contributed by atoms with Crippen LogP contribution in [-0.4, -0.2) is 60.2 Å². The van der Waals surface area contributed by atoms with Crippen LogP contribution in [0.3, 0.4) is 0 Å². The molecule has 0 spiro atoms. The summed E-state index contributed by atoms with van der Waals surface area (Å²) in [6, 6.07) is 6.83. The highest BCUT2D eigenvalue weighted by atomic mass is 32.2. The van der Waals surface area contributed by atoms with Crippen molar-refractivity contribution < 1.29 is 17.9 Å². The second-order valence-electron chi connectivity index (χ2n) is 5.98. The molecule has 1 heterocycles. The Bertz CT molecular complexity index is 653. The largest absolute Gasteiger partial charge is 0.379 e. The standard InChI is InChI=1S/C17H27N3O4S/c1-18-17(19-9-3-10-24-15-8-11-23-13-15)20-12-14-4-6-16(7-5-14)25(2,21)22/h4-7,15H,3,8-13H2,1-2H3,(H2,18,19,20). The Morgan fingerprint density at radius 2 is 2.08 bits per heavy atom. The SMILES string of the molecule is CN=C(NCCCOC1CCOC1)NCc1ccc(S(C)(=O)=O)cc1. The van der Waals surface area contributed by atoms with Crippen LogP contribution in [0.25, 0.3) is 0 Å². The van der Waals surface area contributed by atoms with Crippen molar-refractivity contribution in [2.45, 2.75) is 30.4 Å². The summed E-state index contributed by atoms with van der Waals surface area (Å²) in [4.78, 5) is 4.50. The average Bonchev–Trinajstić information content (AvgIpc) is 3.10. The van der Waals surface area contributed by atoms with E-state index in [0.717, 1.165) is 31.6 Å². The fourth-order valence-electron chi connectivity index (χ4n) is 2.43. The number of nitrogens with one attached hydrogen (secondary N) is 2. The van der Waals surface area contributed by atoms with Gasteiger partial charge in [-0.1, -0.05) is 12.1 Å². The van der Waals surface area contributed by atoms with E-state index in [2.05, 4.69) is 15.6 Å². The maximum Gasteiger partial charge on any atom is 0.191 e. The third-order valence-corrected chi connectivity index (χ3v) is 5.02. The molecule has 1 unspecified atom stereocenters. The summed E-state index contributed by atoms with van der Waals surface area (Å²) in [5.74, 6) is 0.705. The highest BCUT2D eigenvalue weighted by molar-refractivity contribution is 7.90. The molecule has 1 aromatic carbocycles. The summed E-state index contributed by atoms with van der Waals surface area (Å²) < 4.78 is 33.9. The van der Waals surface area contributed by atoms with Crippen molar-refractivity contribution in [1.29, 1.82) is 0 Å². The van der Waals surface area contributed by atoms with Gasteiger partial charge in [-0.05, 0) is 30.5 Å². The molecule has 8 heteroatoms. The lowest BCUT2D eigenvalue weighted by Crippen LogP contribution is -2.37. The first-order valence-electron chi connectivity index (χ1n) is 8.42. The summed E-state index contributed by atoms with van der Waals surface area (Å²) in [5.41, 5.74) is 0.986. The van der Waals surface area contributed by atoms with Crippen LogP contribution < -0.4 is 10.6 Å². The lowest BCUT2D eigenvalue weighted by Gasteiger charge is -2.13. The molecular formula is C17H27N3O4S. The highest BCUT2D eigenvalue weighted by Gasteiger charge is 2.15. The molecule has 2 N–H and O–H groups in total. The van der Waals surface area contributed by atoms with E-state index in [0.29, 0.717) is 30.6 Å². The molecule has 0 amide bonds. The van der Waals surface area contributed by atoms with Gasteiger partial charge in [0.25, 0.3) is 0 Å². The van der Waals surface area contributed by atoms with Gasteiger partial charge in [-0.25, -0.2) is 8.42 Å². The first-order valence-corrected chi connectivity index (χ1v) is 10.3. The van der Waals surface area contributed by atoms with Gasteiger partial charge < -0.3 is 20.1 Å². The number of rotatable bonds is 8. The molecule has 1 aliphatic heterocycles. The zero-order valence-electron chi connectivity index (χ0n) is 14.8. The lowest BCUT2D eigenvalue weighted by molar-refractivity contribution is 0.0420. The van der Waals surface area contributed by atoms with Crippen molar-refractivity contribution in [1.82, 2.24) is 10.6 Å². The smallest absolute Gasteiger partial charge is 0.191 e. The van der Waals surface area contributed by atoms with Gasteiger partial charge in [0.2, 0.25) is 0 Å². The maximum atomic E-state index is 11.5. The van der Waals surface area contributed by atoms with Gasteiger partial charge in [0.15, 0.2) is 15.8 Å². The first kappa shape index (κ1) is 19.7. The van der Waals surface area contributed by atoms with E-state index in [9.17, 15) is 8.42 Å². The quantitative estimate of drug-likeness (QED) is 0.403. The number of ether oxygens (including phenoxy) is 2. The van der Waals surface area contributed by atoms with Crippen LogP contribution in [0.2, 0.25) is 0 Å². The minimum atomic E-state index is -3.16. The number of nitrogens with zero attached hydrogens (tertiary/aromatic N) is 1. The average molecular weight is 369 g/mol. The number of guanidine groups is 1. The summed E-state index contributed by atoms with van der Waals surface area (Å²) in [6.45, 7) is 3.53. The normalized spacial score (nSPS) is 18.3. The van der Waals surface area contributed by atoms with E-state index in [4.69, 9.17) is 9.47 Å². The molecule has 1 fully saturated rings. The van der Waals surface area contributed by atoms with Crippen molar-refractivity contribution in [2.24, 2.45) is 4.99 Å². The van der Waals surface area contributed by atoms with E-state index in [1.807, 2.05) is 0 Å². The molecule has 0 saturated carbocycles. The van der Waals surface area contributed by atoms with Crippen molar-refractivity contribution in [2.75, 3.05) is 39.7 Å². The van der Waals surface area contributed by atoms with Crippen LogP contribution in [0.5, 0.6) is 0 Å². The van der Waals surface area contributed by atoms with Crippen molar-refractivity contribution >= 4 is 15.8 Å². The second kappa shape index (κ2) is 9.74. The molecule has 1 aromatic rings. The van der Waals surface area contributed by atoms with Crippen LogP contribution in [0, 0.1) is 0 Å². The van der Waals surface area contributed by atoms with Gasteiger partial charge in [0.1, 0.15) is 0 Å². The van der Waals surface area contributed by atoms with E-state index < -0.39 is 9.84 Å². The predicted octanol–water partition coefficient (Wildman–Crippen LogP) is 0.951. The molecule has 0 aromatic heterocycles. The van der Waals surface area contributed by atoms with Crippen molar-refractivity contribution in [3.05, 3.63) is 29.8 Å². The number of benzene rings is 1. The summed E-state index contributed by atoms with van der Waals surface area (Å²) in [6.07, 6.45) is 3.32.